The summed E-state index contributed by atoms with van der Waals surface area (Å²) < 4.78 is 0. The SMILES string of the molecule is OCCCC(c1ccccc1)C1(O)CCCCC1. The molecule has 1 aliphatic rings. The molecule has 2 rings (SSSR count). The normalized spacial score (nSPS) is 20.6. The Morgan fingerprint density at radius 3 is 2.33 bits per heavy atom. The molecule has 0 amide bonds. The minimum Gasteiger partial charge on any atom is -0.396 e. The van der Waals surface area contributed by atoms with E-state index in [0.29, 0.717) is 0 Å². The van der Waals surface area contributed by atoms with Crippen molar-refractivity contribution in [3.8, 4) is 0 Å². The van der Waals surface area contributed by atoms with Crippen LogP contribution in [0.15, 0.2) is 30.3 Å². The monoisotopic (exact) mass is 248 g/mol. The summed E-state index contributed by atoms with van der Waals surface area (Å²) in [4.78, 5) is 0. The molecule has 1 saturated carbocycles. The van der Waals surface area contributed by atoms with E-state index in [4.69, 9.17) is 5.11 Å². The van der Waals surface area contributed by atoms with Gasteiger partial charge in [-0.1, -0.05) is 49.6 Å². The van der Waals surface area contributed by atoms with Crippen molar-refractivity contribution in [1.82, 2.24) is 0 Å². The summed E-state index contributed by atoms with van der Waals surface area (Å²) in [6.45, 7) is 0.208. The fourth-order valence-electron chi connectivity index (χ4n) is 3.24. The fraction of sp³-hybridized carbons (Fsp3) is 0.625. The summed E-state index contributed by atoms with van der Waals surface area (Å²) in [5.41, 5.74) is 0.657. The van der Waals surface area contributed by atoms with Gasteiger partial charge in [0, 0.05) is 12.5 Å². The Hall–Kier alpha value is -0.860. The van der Waals surface area contributed by atoms with Gasteiger partial charge in [-0.3, -0.25) is 0 Å². The molecule has 0 heterocycles. The summed E-state index contributed by atoms with van der Waals surface area (Å²) in [5, 5.41) is 20.0. The fourth-order valence-corrected chi connectivity index (χ4v) is 3.24. The van der Waals surface area contributed by atoms with Gasteiger partial charge in [0.1, 0.15) is 0 Å². The molecule has 0 radical (unpaired) electrons. The lowest BCUT2D eigenvalue weighted by Crippen LogP contribution is -2.38. The predicted molar refractivity (Wildman–Crippen MR) is 73.5 cm³/mol. The van der Waals surface area contributed by atoms with Crippen LogP contribution in [-0.2, 0) is 0 Å². The van der Waals surface area contributed by atoms with E-state index in [2.05, 4.69) is 12.1 Å². The summed E-state index contributed by atoms with van der Waals surface area (Å²) in [6, 6.07) is 10.3. The average molecular weight is 248 g/mol. The molecule has 2 heteroatoms. The highest BCUT2D eigenvalue weighted by Crippen LogP contribution is 2.42. The lowest BCUT2D eigenvalue weighted by Gasteiger charge is -2.39. The van der Waals surface area contributed by atoms with Crippen LogP contribution in [0.5, 0.6) is 0 Å². The number of aliphatic hydroxyl groups excluding tert-OH is 1. The van der Waals surface area contributed by atoms with Crippen molar-refractivity contribution in [2.45, 2.75) is 56.5 Å². The maximum atomic E-state index is 10.9. The maximum Gasteiger partial charge on any atom is 0.0716 e. The summed E-state index contributed by atoms with van der Waals surface area (Å²) in [6.07, 6.45) is 6.93. The number of benzene rings is 1. The Morgan fingerprint density at radius 2 is 1.72 bits per heavy atom. The largest absolute Gasteiger partial charge is 0.396 e. The Morgan fingerprint density at radius 1 is 1.06 bits per heavy atom. The van der Waals surface area contributed by atoms with Gasteiger partial charge in [0.25, 0.3) is 0 Å². The zero-order chi connectivity index (χ0) is 12.8. The highest BCUT2D eigenvalue weighted by molar-refractivity contribution is 5.23. The van der Waals surface area contributed by atoms with Crippen LogP contribution in [-0.4, -0.2) is 22.4 Å². The third kappa shape index (κ3) is 3.12. The first-order valence-corrected chi connectivity index (χ1v) is 7.14. The zero-order valence-corrected chi connectivity index (χ0v) is 11.0. The second-order valence-electron chi connectivity index (χ2n) is 5.49. The minimum atomic E-state index is -0.561. The molecule has 1 aliphatic carbocycles. The highest BCUT2D eigenvalue weighted by atomic mass is 16.3. The van der Waals surface area contributed by atoms with Crippen molar-refractivity contribution in [3.05, 3.63) is 35.9 Å². The van der Waals surface area contributed by atoms with Crippen LogP contribution in [0, 0.1) is 0 Å². The topological polar surface area (TPSA) is 40.5 Å². The third-order valence-corrected chi connectivity index (χ3v) is 4.22. The molecule has 0 spiro atoms. The van der Waals surface area contributed by atoms with Crippen LogP contribution in [0.25, 0.3) is 0 Å². The molecule has 1 fully saturated rings. The van der Waals surface area contributed by atoms with E-state index in [1.807, 2.05) is 18.2 Å². The van der Waals surface area contributed by atoms with Gasteiger partial charge in [-0.2, -0.15) is 0 Å². The zero-order valence-electron chi connectivity index (χ0n) is 11.0. The van der Waals surface area contributed by atoms with E-state index >= 15 is 0 Å². The quantitative estimate of drug-likeness (QED) is 0.840. The van der Waals surface area contributed by atoms with Crippen LogP contribution in [0.4, 0.5) is 0 Å². The summed E-state index contributed by atoms with van der Waals surface area (Å²) in [5.74, 6) is 0.172. The molecule has 2 N–H and O–H groups in total. The first kappa shape index (κ1) is 13.6. The van der Waals surface area contributed by atoms with Gasteiger partial charge in [0.2, 0.25) is 0 Å². The standard InChI is InChI=1S/C16H24O2/c17-13-7-10-15(14-8-3-1-4-9-14)16(18)11-5-2-6-12-16/h1,3-4,8-9,15,17-18H,2,5-7,10-13H2. The first-order chi connectivity index (χ1) is 8.76. The first-order valence-electron chi connectivity index (χ1n) is 7.14. The van der Waals surface area contributed by atoms with Crippen molar-refractivity contribution in [1.29, 1.82) is 0 Å². The second-order valence-corrected chi connectivity index (χ2v) is 5.49. The molecule has 0 aliphatic heterocycles. The molecule has 0 aromatic heterocycles. The molecular formula is C16H24O2. The van der Waals surface area contributed by atoms with Gasteiger partial charge in [-0.25, -0.2) is 0 Å². The van der Waals surface area contributed by atoms with Crippen LogP contribution < -0.4 is 0 Å². The Labute approximate surface area is 110 Å². The molecule has 100 valence electrons. The second kappa shape index (κ2) is 6.35. The third-order valence-electron chi connectivity index (χ3n) is 4.22. The van der Waals surface area contributed by atoms with Crippen LogP contribution in [0.1, 0.15) is 56.4 Å². The maximum absolute atomic E-state index is 10.9. The van der Waals surface area contributed by atoms with Gasteiger partial charge in [0.15, 0.2) is 0 Å². The number of rotatable bonds is 5. The van der Waals surface area contributed by atoms with E-state index in [0.717, 1.165) is 38.5 Å². The smallest absolute Gasteiger partial charge is 0.0716 e. The van der Waals surface area contributed by atoms with Crippen LogP contribution >= 0.6 is 0 Å². The van der Waals surface area contributed by atoms with E-state index < -0.39 is 5.60 Å². The Kier molecular flexibility index (Phi) is 4.79. The van der Waals surface area contributed by atoms with E-state index in [1.165, 1.54) is 12.0 Å². The van der Waals surface area contributed by atoms with Crippen molar-refractivity contribution >= 4 is 0 Å². The van der Waals surface area contributed by atoms with Gasteiger partial charge in [0.05, 0.1) is 5.60 Å². The minimum absolute atomic E-state index is 0.172. The summed E-state index contributed by atoms with van der Waals surface area (Å²) in [7, 11) is 0. The molecule has 0 saturated heterocycles. The molecule has 1 aromatic rings. The van der Waals surface area contributed by atoms with Gasteiger partial charge < -0.3 is 10.2 Å². The van der Waals surface area contributed by atoms with E-state index in [1.54, 1.807) is 0 Å². The molecular weight excluding hydrogens is 224 g/mol. The molecule has 1 atom stereocenters. The molecule has 1 unspecified atom stereocenters. The highest BCUT2D eigenvalue weighted by Gasteiger charge is 2.37. The van der Waals surface area contributed by atoms with Gasteiger partial charge in [-0.05, 0) is 31.2 Å². The van der Waals surface area contributed by atoms with E-state index in [9.17, 15) is 5.11 Å². The number of hydrogen-bond donors (Lipinski definition) is 2. The van der Waals surface area contributed by atoms with Crippen molar-refractivity contribution in [2.24, 2.45) is 0 Å². The van der Waals surface area contributed by atoms with Gasteiger partial charge in [-0.15, -0.1) is 0 Å². The predicted octanol–water partition coefficient (Wildman–Crippen LogP) is 3.24. The molecule has 18 heavy (non-hydrogen) atoms. The van der Waals surface area contributed by atoms with Crippen molar-refractivity contribution < 1.29 is 10.2 Å². The lowest BCUT2D eigenvalue weighted by atomic mass is 9.71. The van der Waals surface area contributed by atoms with Crippen molar-refractivity contribution in [3.63, 3.8) is 0 Å². The summed E-state index contributed by atoms with van der Waals surface area (Å²) >= 11 is 0. The van der Waals surface area contributed by atoms with Gasteiger partial charge >= 0.3 is 0 Å². The molecule has 2 nitrogen and oxygen atoms in total. The Balaban J connectivity index is 2.18. The number of aliphatic hydroxyl groups is 2. The number of hydrogen-bond acceptors (Lipinski definition) is 2. The van der Waals surface area contributed by atoms with Crippen LogP contribution in [0.2, 0.25) is 0 Å². The van der Waals surface area contributed by atoms with Crippen molar-refractivity contribution in [2.75, 3.05) is 6.61 Å². The molecule has 1 aromatic carbocycles. The lowest BCUT2D eigenvalue weighted by molar-refractivity contribution is -0.0254. The Bertz CT molecular complexity index is 341. The average Bonchev–Trinajstić information content (AvgIpc) is 2.41. The van der Waals surface area contributed by atoms with Crippen LogP contribution in [0.3, 0.4) is 0 Å². The van der Waals surface area contributed by atoms with E-state index in [-0.39, 0.29) is 12.5 Å². The molecule has 0 bridgehead atoms.